The Balaban J connectivity index is 2.16. The molecule has 1 aliphatic heterocycles. The summed E-state index contributed by atoms with van der Waals surface area (Å²) in [5, 5.41) is 0. The van der Waals surface area contributed by atoms with E-state index in [4.69, 9.17) is 0 Å². The number of halogens is 1. The number of carbonyl (C=O) groups excluding carboxylic acids is 4. The number of nitrogens with zero attached hydrogens (tertiary/aromatic N) is 3. The van der Waals surface area contributed by atoms with E-state index in [1.807, 2.05) is 0 Å². The number of anilines is 1. The number of likely N-dealkylation sites (N-methyl/N-ethyl adjacent to an activating group) is 2. The lowest BCUT2D eigenvalue weighted by molar-refractivity contribution is -0.143. The first-order chi connectivity index (χ1) is 10.4. The Morgan fingerprint density at radius 1 is 1.14 bits per heavy atom. The van der Waals surface area contributed by atoms with Crippen molar-refractivity contribution in [1.29, 1.82) is 0 Å². The van der Waals surface area contributed by atoms with Crippen LogP contribution in [0, 0.1) is 5.82 Å². The Labute approximate surface area is 125 Å². The molecule has 0 aromatic heterocycles. The van der Waals surface area contributed by atoms with Crippen LogP contribution in [0.1, 0.15) is 6.92 Å². The van der Waals surface area contributed by atoms with Gasteiger partial charge in [0.25, 0.3) is 0 Å². The Kier molecular flexibility index (Phi) is 4.20. The first-order valence-corrected chi connectivity index (χ1v) is 6.56. The van der Waals surface area contributed by atoms with E-state index < -0.39 is 36.1 Å². The molecule has 0 spiro atoms. The van der Waals surface area contributed by atoms with Gasteiger partial charge < -0.3 is 4.90 Å². The SMILES string of the molecule is CCN(C(=O)CN1C(=O)C(=O)N(C)C1=O)c1ccc(F)cc1. The van der Waals surface area contributed by atoms with E-state index in [0.29, 0.717) is 15.5 Å². The van der Waals surface area contributed by atoms with Crippen LogP contribution < -0.4 is 4.90 Å². The molecule has 7 nitrogen and oxygen atoms in total. The van der Waals surface area contributed by atoms with Gasteiger partial charge in [-0.25, -0.2) is 14.1 Å². The van der Waals surface area contributed by atoms with Gasteiger partial charge in [-0.3, -0.25) is 19.3 Å². The molecule has 0 bridgehead atoms. The fourth-order valence-electron chi connectivity index (χ4n) is 2.10. The van der Waals surface area contributed by atoms with Crippen LogP contribution >= 0.6 is 0 Å². The van der Waals surface area contributed by atoms with Gasteiger partial charge in [0.2, 0.25) is 5.91 Å². The highest BCUT2D eigenvalue weighted by Crippen LogP contribution is 2.16. The van der Waals surface area contributed by atoms with Gasteiger partial charge in [-0.2, -0.15) is 0 Å². The largest absolute Gasteiger partial charge is 0.334 e. The van der Waals surface area contributed by atoms with Gasteiger partial charge in [0.1, 0.15) is 12.4 Å². The van der Waals surface area contributed by atoms with Gasteiger partial charge in [-0.05, 0) is 31.2 Å². The summed E-state index contributed by atoms with van der Waals surface area (Å²) in [7, 11) is 1.17. The molecule has 0 unspecified atom stereocenters. The van der Waals surface area contributed by atoms with E-state index in [1.165, 1.54) is 36.2 Å². The predicted octanol–water partition coefficient (Wildman–Crippen LogP) is 0.599. The Morgan fingerprint density at radius 2 is 1.73 bits per heavy atom. The minimum atomic E-state index is -1.03. The van der Waals surface area contributed by atoms with Crippen LogP contribution in [0.15, 0.2) is 24.3 Å². The van der Waals surface area contributed by atoms with Gasteiger partial charge in [0.15, 0.2) is 0 Å². The maximum Gasteiger partial charge on any atom is 0.334 e. The van der Waals surface area contributed by atoms with Crippen LogP contribution in [0.25, 0.3) is 0 Å². The third-order valence-corrected chi connectivity index (χ3v) is 3.30. The molecule has 0 radical (unpaired) electrons. The predicted molar refractivity (Wildman–Crippen MR) is 74.3 cm³/mol. The van der Waals surface area contributed by atoms with Crippen molar-refractivity contribution < 1.29 is 23.6 Å². The molecule has 8 heteroatoms. The van der Waals surface area contributed by atoms with Crippen LogP contribution in [0.2, 0.25) is 0 Å². The molecular formula is C14H14FN3O4. The van der Waals surface area contributed by atoms with Crippen molar-refractivity contribution in [3.05, 3.63) is 30.1 Å². The quantitative estimate of drug-likeness (QED) is 0.603. The van der Waals surface area contributed by atoms with E-state index in [-0.39, 0.29) is 6.54 Å². The maximum atomic E-state index is 12.9. The van der Waals surface area contributed by atoms with Gasteiger partial charge in [-0.1, -0.05) is 0 Å². The first kappa shape index (κ1) is 15.6. The van der Waals surface area contributed by atoms with E-state index >= 15 is 0 Å². The first-order valence-electron chi connectivity index (χ1n) is 6.56. The van der Waals surface area contributed by atoms with Crippen LogP contribution in [0.4, 0.5) is 14.9 Å². The number of hydrogen-bond acceptors (Lipinski definition) is 4. The number of hydrogen-bond donors (Lipinski definition) is 0. The zero-order chi connectivity index (χ0) is 16.4. The summed E-state index contributed by atoms with van der Waals surface area (Å²) in [4.78, 5) is 49.6. The monoisotopic (exact) mass is 307 g/mol. The zero-order valence-corrected chi connectivity index (χ0v) is 12.1. The summed E-state index contributed by atoms with van der Waals surface area (Å²) in [5.41, 5.74) is 0.438. The highest BCUT2D eigenvalue weighted by atomic mass is 19.1. The summed E-state index contributed by atoms with van der Waals surface area (Å²) >= 11 is 0. The standard InChI is InChI=1S/C14H14FN3O4/c1-3-17(10-6-4-9(15)5-7-10)11(19)8-18-13(21)12(20)16(2)14(18)22/h4-7H,3,8H2,1-2H3. The molecule has 1 fully saturated rings. The van der Waals surface area contributed by atoms with Gasteiger partial charge in [0, 0.05) is 19.3 Å². The molecule has 1 saturated heterocycles. The molecule has 1 aromatic rings. The second kappa shape index (κ2) is 5.92. The van der Waals surface area contributed by atoms with Crippen molar-refractivity contribution in [2.24, 2.45) is 0 Å². The second-order valence-corrected chi connectivity index (χ2v) is 4.65. The van der Waals surface area contributed by atoms with Crippen LogP contribution in [0.3, 0.4) is 0 Å². The molecule has 0 atom stereocenters. The van der Waals surface area contributed by atoms with E-state index in [9.17, 15) is 23.6 Å². The van der Waals surface area contributed by atoms with Crippen LogP contribution in [0.5, 0.6) is 0 Å². The molecule has 0 aliphatic carbocycles. The van der Waals surface area contributed by atoms with Crippen molar-refractivity contribution >= 4 is 29.4 Å². The number of urea groups is 1. The van der Waals surface area contributed by atoms with Gasteiger partial charge >= 0.3 is 17.8 Å². The number of benzene rings is 1. The Morgan fingerprint density at radius 3 is 2.18 bits per heavy atom. The molecule has 0 N–H and O–H groups in total. The van der Waals surface area contributed by atoms with E-state index in [0.717, 1.165) is 0 Å². The molecule has 1 aromatic carbocycles. The van der Waals surface area contributed by atoms with E-state index in [2.05, 4.69) is 0 Å². The summed E-state index contributed by atoms with van der Waals surface area (Å²) in [5.74, 6) is -2.98. The number of rotatable bonds is 4. The van der Waals surface area contributed by atoms with E-state index in [1.54, 1.807) is 6.92 Å². The average Bonchev–Trinajstić information content (AvgIpc) is 2.68. The molecule has 22 heavy (non-hydrogen) atoms. The number of carbonyl (C=O) groups is 4. The lowest BCUT2D eigenvalue weighted by Crippen LogP contribution is -2.43. The van der Waals surface area contributed by atoms with Gasteiger partial charge in [-0.15, -0.1) is 0 Å². The van der Waals surface area contributed by atoms with Crippen molar-refractivity contribution in [1.82, 2.24) is 9.80 Å². The molecule has 1 heterocycles. The normalized spacial score (nSPS) is 14.8. The molecule has 5 amide bonds. The van der Waals surface area contributed by atoms with Gasteiger partial charge in [0.05, 0.1) is 0 Å². The lowest BCUT2D eigenvalue weighted by Gasteiger charge is -2.23. The third kappa shape index (κ3) is 2.67. The fourth-order valence-corrected chi connectivity index (χ4v) is 2.10. The Hall–Kier alpha value is -2.77. The summed E-state index contributed by atoms with van der Waals surface area (Å²) < 4.78 is 12.9. The third-order valence-electron chi connectivity index (χ3n) is 3.30. The Bertz CT molecular complexity index is 644. The fraction of sp³-hybridized carbons (Fsp3) is 0.286. The minimum Gasteiger partial charge on any atom is -0.311 e. The summed E-state index contributed by atoms with van der Waals surface area (Å²) in [6.45, 7) is 1.43. The van der Waals surface area contributed by atoms with Crippen LogP contribution in [-0.2, 0) is 14.4 Å². The molecule has 116 valence electrons. The highest BCUT2D eigenvalue weighted by molar-refractivity contribution is 6.44. The smallest absolute Gasteiger partial charge is 0.311 e. The summed E-state index contributed by atoms with van der Waals surface area (Å²) in [6.07, 6.45) is 0. The molecule has 0 saturated carbocycles. The zero-order valence-electron chi connectivity index (χ0n) is 12.1. The maximum absolute atomic E-state index is 12.9. The highest BCUT2D eigenvalue weighted by Gasteiger charge is 2.43. The second-order valence-electron chi connectivity index (χ2n) is 4.65. The van der Waals surface area contributed by atoms with Crippen molar-refractivity contribution in [3.63, 3.8) is 0 Å². The number of imide groups is 2. The number of amides is 5. The molecular weight excluding hydrogens is 293 g/mol. The van der Waals surface area contributed by atoms with Crippen LogP contribution in [-0.4, -0.2) is 53.7 Å². The minimum absolute atomic E-state index is 0.268. The summed E-state index contributed by atoms with van der Waals surface area (Å²) in [6, 6.07) is 4.41. The van der Waals surface area contributed by atoms with Crippen molar-refractivity contribution in [3.8, 4) is 0 Å². The molecule has 2 rings (SSSR count). The van der Waals surface area contributed by atoms with Crippen molar-refractivity contribution in [2.75, 3.05) is 25.0 Å². The average molecular weight is 307 g/mol. The topological polar surface area (TPSA) is 78.0 Å². The van der Waals surface area contributed by atoms with Crippen molar-refractivity contribution in [2.45, 2.75) is 6.92 Å². The lowest BCUT2D eigenvalue weighted by atomic mass is 10.2. The molecule has 1 aliphatic rings.